The third-order valence-electron chi connectivity index (χ3n) is 5.30. The molecule has 6 nitrogen and oxygen atoms in total. The fraction of sp³-hybridized carbons (Fsp3) is 0.476. The molecule has 1 aliphatic heterocycles. The Morgan fingerprint density at radius 2 is 1.96 bits per heavy atom. The van der Waals surface area contributed by atoms with Gasteiger partial charge in [0, 0.05) is 40.7 Å². The van der Waals surface area contributed by atoms with Gasteiger partial charge in [0.15, 0.2) is 0 Å². The molecule has 2 aromatic rings. The molecular formula is C21H26N4O2. The zero-order chi connectivity index (χ0) is 18.8. The van der Waals surface area contributed by atoms with E-state index in [1.165, 1.54) is 6.42 Å². The van der Waals surface area contributed by atoms with Crippen LogP contribution in [0.3, 0.4) is 0 Å². The molecule has 0 unspecified atom stereocenters. The molecule has 0 atom stereocenters. The number of hydrogen-bond acceptors (Lipinski definition) is 5. The molecule has 1 saturated carbocycles. The van der Waals surface area contributed by atoms with Crippen molar-refractivity contribution in [2.24, 2.45) is 5.92 Å². The fourth-order valence-electron chi connectivity index (χ4n) is 3.39. The highest BCUT2D eigenvalue weighted by molar-refractivity contribution is 5.95. The van der Waals surface area contributed by atoms with Gasteiger partial charge in [-0.1, -0.05) is 0 Å². The summed E-state index contributed by atoms with van der Waals surface area (Å²) in [4.78, 5) is 23.2. The first-order valence-corrected chi connectivity index (χ1v) is 9.70. The number of ether oxygens (including phenoxy) is 1. The van der Waals surface area contributed by atoms with Gasteiger partial charge in [0.05, 0.1) is 0 Å². The topological polar surface area (TPSA) is 67.3 Å². The van der Waals surface area contributed by atoms with Crippen molar-refractivity contribution in [2.45, 2.75) is 33.1 Å². The number of rotatable bonds is 7. The number of nitrogens with one attached hydrogen (secondary N) is 1. The van der Waals surface area contributed by atoms with Crippen LogP contribution in [0, 0.1) is 19.8 Å². The Bertz CT molecular complexity index is 824. The average Bonchev–Trinajstić information content (AvgIpc) is 3.43. The molecule has 1 aromatic carbocycles. The lowest BCUT2D eigenvalue weighted by atomic mass is 10.0. The smallest absolute Gasteiger partial charge is 0.227 e. The Labute approximate surface area is 160 Å². The first kappa shape index (κ1) is 17.9. The van der Waals surface area contributed by atoms with Gasteiger partial charge < -0.3 is 10.1 Å². The normalized spacial score (nSPS) is 16.7. The van der Waals surface area contributed by atoms with Crippen LogP contribution >= 0.6 is 0 Å². The Balaban J connectivity index is 1.61. The van der Waals surface area contributed by atoms with E-state index in [0.29, 0.717) is 6.61 Å². The zero-order valence-corrected chi connectivity index (χ0v) is 16.0. The fourth-order valence-corrected chi connectivity index (χ4v) is 3.39. The zero-order valence-electron chi connectivity index (χ0n) is 16.0. The van der Waals surface area contributed by atoms with Crippen molar-refractivity contribution in [2.75, 3.05) is 31.6 Å². The number of likely N-dealkylation sites (tertiary alicyclic amines) is 1. The first-order valence-electron chi connectivity index (χ1n) is 9.70. The molecule has 1 aromatic heterocycles. The van der Waals surface area contributed by atoms with Gasteiger partial charge >= 0.3 is 0 Å². The van der Waals surface area contributed by atoms with Gasteiger partial charge in [-0.05, 0) is 64.4 Å². The second-order valence-corrected chi connectivity index (χ2v) is 7.44. The Morgan fingerprint density at radius 3 is 2.59 bits per heavy atom. The van der Waals surface area contributed by atoms with E-state index >= 15 is 0 Å². The minimum atomic E-state index is 0.102. The lowest BCUT2D eigenvalue weighted by Gasteiger charge is -2.30. The van der Waals surface area contributed by atoms with Gasteiger partial charge in [0.1, 0.15) is 18.7 Å². The predicted molar refractivity (Wildman–Crippen MR) is 105 cm³/mol. The van der Waals surface area contributed by atoms with Crippen LogP contribution in [-0.2, 0) is 4.79 Å². The SMILES string of the molecule is Cc1ncnc(C)c1-c1cc(NC(=O)C2CC2)ccc1OCCN1CCC1. The van der Waals surface area contributed by atoms with Crippen LogP contribution in [0.15, 0.2) is 24.5 Å². The van der Waals surface area contributed by atoms with Gasteiger partial charge in [0.2, 0.25) is 5.91 Å². The molecule has 0 spiro atoms. The van der Waals surface area contributed by atoms with E-state index in [1.807, 2.05) is 32.0 Å². The summed E-state index contributed by atoms with van der Waals surface area (Å²) in [5.74, 6) is 1.08. The summed E-state index contributed by atoms with van der Waals surface area (Å²) in [6.45, 7) is 7.85. The highest BCUT2D eigenvalue weighted by Gasteiger charge is 2.29. The van der Waals surface area contributed by atoms with E-state index in [2.05, 4.69) is 20.2 Å². The van der Waals surface area contributed by atoms with Crippen molar-refractivity contribution < 1.29 is 9.53 Å². The molecule has 1 saturated heterocycles. The standard InChI is InChI=1S/C21H26N4O2/c1-14-20(15(2)23-13-22-14)18-12-17(24-21(26)16-4-5-16)6-7-19(18)27-11-10-25-8-3-9-25/h6-7,12-13,16H,3-5,8-11H2,1-2H3,(H,24,26). The predicted octanol–water partition coefficient (Wildman–Crippen LogP) is 3.19. The maximum Gasteiger partial charge on any atom is 0.227 e. The van der Waals surface area contributed by atoms with Gasteiger partial charge in [-0.3, -0.25) is 9.69 Å². The Kier molecular flexibility index (Phi) is 5.07. The van der Waals surface area contributed by atoms with E-state index in [-0.39, 0.29) is 11.8 Å². The summed E-state index contributed by atoms with van der Waals surface area (Å²) in [5.41, 5.74) is 4.50. The second kappa shape index (κ2) is 7.64. The number of aromatic nitrogens is 2. The van der Waals surface area contributed by atoms with E-state index < -0.39 is 0 Å². The lowest BCUT2D eigenvalue weighted by Crippen LogP contribution is -2.39. The number of carbonyl (C=O) groups excluding carboxylic acids is 1. The van der Waals surface area contributed by atoms with Crippen LogP contribution in [-0.4, -0.2) is 47.0 Å². The number of carbonyl (C=O) groups is 1. The molecule has 6 heteroatoms. The highest BCUT2D eigenvalue weighted by Crippen LogP contribution is 2.36. The number of nitrogens with zero attached hydrogens (tertiary/aromatic N) is 3. The quantitative estimate of drug-likeness (QED) is 0.815. The number of hydrogen-bond donors (Lipinski definition) is 1. The summed E-state index contributed by atoms with van der Waals surface area (Å²) in [6.07, 6.45) is 4.83. The summed E-state index contributed by atoms with van der Waals surface area (Å²) in [7, 11) is 0. The van der Waals surface area contributed by atoms with Gasteiger partial charge in [-0.15, -0.1) is 0 Å². The van der Waals surface area contributed by atoms with Crippen LogP contribution in [0.1, 0.15) is 30.7 Å². The molecule has 27 heavy (non-hydrogen) atoms. The first-order chi connectivity index (χ1) is 13.1. The van der Waals surface area contributed by atoms with Crippen LogP contribution in [0.2, 0.25) is 0 Å². The van der Waals surface area contributed by atoms with E-state index in [0.717, 1.165) is 66.4 Å². The summed E-state index contributed by atoms with van der Waals surface area (Å²) in [5, 5.41) is 3.03. The number of anilines is 1. The molecular weight excluding hydrogens is 340 g/mol. The third kappa shape index (κ3) is 4.11. The average molecular weight is 366 g/mol. The molecule has 142 valence electrons. The minimum absolute atomic E-state index is 0.102. The molecule has 0 bridgehead atoms. The largest absolute Gasteiger partial charge is 0.492 e. The maximum absolute atomic E-state index is 12.2. The van der Waals surface area contributed by atoms with Crippen LogP contribution in [0.5, 0.6) is 5.75 Å². The number of amides is 1. The van der Waals surface area contributed by atoms with Crippen LogP contribution < -0.4 is 10.1 Å². The van der Waals surface area contributed by atoms with E-state index in [1.54, 1.807) is 6.33 Å². The molecule has 2 heterocycles. The monoisotopic (exact) mass is 366 g/mol. The molecule has 2 fully saturated rings. The van der Waals surface area contributed by atoms with Crippen LogP contribution in [0.4, 0.5) is 5.69 Å². The number of benzene rings is 1. The second-order valence-electron chi connectivity index (χ2n) is 7.44. The van der Waals surface area contributed by atoms with Crippen LogP contribution in [0.25, 0.3) is 11.1 Å². The van der Waals surface area contributed by atoms with Crippen molar-refractivity contribution in [3.05, 3.63) is 35.9 Å². The third-order valence-corrected chi connectivity index (χ3v) is 5.30. The lowest BCUT2D eigenvalue weighted by molar-refractivity contribution is -0.117. The maximum atomic E-state index is 12.2. The van der Waals surface area contributed by atoms with Crippen molar-refractivity contribution in [1.82, 2.24) is 14.9 Å². The van der Waals surface area contributed by atoms with Crippen molar-refractivity contribution in [3.8, 4) is 16.9 Å². The molecule has 4 rings (SSSR count). The molecule has 2 aliphatic rings. The Morgan fingerprint density at radius 1 is 1.22 bits per heavy atom. The van der Waals surface area contributed by atoms with Crippen molar-refractivity contribution >= 4 is 11.6 Å². The van der Waals surface area contributed by atoms with Gasteiger partial charge in [-0.2, -0.15) is 0 Å². The highest BCUT2D eigenvalue weighted by atomic mass is 16.5. The molecule has 1 amide bonds. The minimum Gasteiger partial charge on any atom is -0.492 e. The van der Waals surface area contributed by atoms with E-state index in [4.69, 9.17) is 4.74 Å². The summed E-state index contributed by atoms with van der Waals surface area (Å²) >= 11 is 0. The molecule has 0 radical (unpaired) electrons. The molecule has 1 N–H and O–H groups in total. The van der Waals surface area contributed by atoms with Gasteiger partial charge in [0.25, 0.3) is 0 Å². The summed E-state index contributed by atoms with van der Waals surface area (Å²) in [6, 6.07) is 5.84. The van der Waals surface area contributed by atoms with Crippen molar-refractivity contribution in [1.29, 1.82) is 0 Å². The molecule has 1 aliphatic carbocycles. The van der Waals surface area contributed by atoms with Gasteiger partial charge in [-0.25, -0.2) is 9.97 Å². The van der Waals surface area contributed by atoms with Crippen molar-refractivity contribution in [3.63, 3.8) is 0 Å². The number of aryl methyl sites for hydroxylation is 2. The summed E-state index contributed by atoms with van der Waals surface area (Å²) < 4.78 is 6.12. The Hall–Kier alpha value is -2.47. The van der Waals surface area contributed by atoms with E-state index in [9.17, 15) is 4.79 Å².